The third-order valence-electron chi connectivity index (χ3n) is 3.53. The number of imidazole rings is 1. The van der Waals surface area contributed by atoms with E-state index in [2.05, 4.69) is 10.3 Å². The maximum absolute atomic E-state index is 12.5. The summed E-state index contributed by atoms with van der Waals surface area (Å²) in [6.45, 7) is 0.193. The highest BCUT2D eigenvalue weighted by molar-refractivity contribution is 5.93. The Morgan fingerprint density at radius 2 is 1.88 bits per heavy atom. The van der Waals surface area contributed by atoms with Crippen molar-refractivity contribution in [2.75, 3.05) is 5.32 Å². The Kier molecular flexibility index (Phi) is 3.88. The minimum Gasteiger partial charge on any atom is -0.476 e. The minimum absolute atomic E-state index is 0.0110. The number of carboxylic acid groups (broad SMARTS) is 1. The van der Waals surface area contributed by atoms with E-state index in [1.54, 1.807) is 12.1 Å². The lowest BCUT2D eigenvalue weighted by molar-refractivity contribution is -0.137. The predicted octanol–water partition coefficient (Wildman–Crippen LogP) is 3.66. The first-order valence-electron chi connectivity index (χ1n) is 6.95. The average Bonchev–Trinajstić information content (AvgIpc) is 3.00. The van der Waals surface area contributed by atoms with Gasteiger partial charge in [-0.15, -0.1) is 0 Å². The van der Waals surface area contributed by atoms with Gasteiger partial charge in [-0.25, -0.2) is 9.78 Å². The van der Waals surface area contributed by atoms with E-state index in [9.17, 15) is 23.1 Å². The molecule has 3 rings (SSSR count). The molecule has 3 aromatic rings. The van der Waals surface area contributed by atoms with Crippen LogP contribution in [-0.2, 0) is 12.7 Å². The van der Waals surface area contributed by atoms with Crippen LogP contribution in [0.25, 0.3) is 5.65 Å². The normalized spacial score (nSPS) is 11.6. The van der Waals surface area contributed by atoms with Gasteiger partial charge in [-0.2, -0.15) is 13.2 Å². The van der Waals surface area contributed by atoms with E-state index in [0.29, 0.717) is 16.9 Å². The Morgan fingerprint density at radius 3 is 2.50 bits per heavy atom. The van der Waals surface area contributed by atoms with Crippen molar-refractivity contribution in [2.24, 2.45) is 0 Å². The van der Waals surface area contributed by atoms with Gasteiger partial charge in [-0.05, 0) is 29.8 Å². The third-order valence-corrected chi connectivity index (χ3v) is 3.53. The molecular formula is C16H12F3N3O2. The highest BCUT2D eigenvalue weighted by Gasteiger charge is 2.29. The van der Waals surface area contributed by atoms with Crippen LogP contribution in [0.1, 0.15) is 21.6 Å². The molecule has 0 spiro atoms. The molecule has 5 nitrogen and oxygen atoms in total. The number of rotatable bonds is 4. The topological polar surface area (TPSA) is 66.6 Å². The summed E-state index contributed by atoms with van der Waals surface area (Å²) >= 11 is 0. The van der Waals surface area contributed by atoms with Gasteiger partial charge in [0.1, 0.15) is 5.65 Å². The Balaban J connectivity index is 1.83. The van der Waals surface area contributed by atoms with Gasteiger partial charge in [0, 0.05) is 18.9 Å². The lowest BCUT2D eigenvalue weighted by Gasteiger charge is -2.12. The molecule has 0 unspecified atom stereocenters. The van der Waals surface area contributed by atoms with Crippen LogP contribution in [-0.4, -0.2) is 20.5 Å². The van der Waals surface area contributed by atoms with E-state index in [1.165, 1.54) is 28.9 Å². The van der Waals surface area contributed by atoms with E-state index < -0.39 is 17.7 Å². The van der Waals surface area contributed by atoms with Crippen LogP contribution in [0.15, 0.2) is 48.8 Å². The Hall–Kier alpha value is -3.03. The second-order valence-electron chi connectivity index (χ2n) is 5.10. The number of aromatic carboxylic acids is 1. The zero-order valence-corrected chi connectivity index (χ0v) is 12.2. The fourth-order valence-electron chi connectivity index (χ4n) is 2.36. The summed E-state index contributed by atoms with van der Waals surface area (Å²) in [7, 11) is 0. The molecule has 1 aromatic carbocycles. The summed E-state index contributed by atoms with van der Waals surface area (Å²) < 4.78 is 39.0. The number of carbonyl (C=O) groups is 1. The number of carboxylic acids is 1. The monoisotopic (exact) mass is 335 g/mol. The number of anilines is 1. The number of halogens is 3. The quantitative estimate of drug-likeness (QED) is 0.763. The van der Waals surface area contributed by atoms with Gasteiger partial charge in [-0.3, -0.25) is 4.40 Å². The lowest BCUT2D eigenvalue weighted by Crippen LogP contribution is -2.11. The van der Waals surface area contributed by atoms with Crippen LogP contribution in [0, 0.1) is 0 Å². The van der Waals surface area contributed by atoms with Gasteiger partial charge in [0.25, 0.3) is 0 Å². The number of nitrogens with zero attached hydrogens (tertiary/aromatic N) is 2. The molecule has 2 N–H and O–H groups in total. The number of fused-ring (bicyclic) bond motifs is 1. The molecule has 0 bridgehead atoms. The van der Waals surface area contributed by atoms with Crippen molar-refractivity contribution >= 4 is 17.3 Å². The zero-order chi connectivity index (χ0) is 17.3. The highest BCUT2D eigenvalue weighted by Crippen LogP contribution is 2.29. The van der Waals surface area contributed by atoms with E-state index in [-0.39, 0.29) is 12.2 Å². The Morgan fingerprint density at radius 1 is 1.17 bits per heavy atom. The Bertz CT molecular complexity index is 886. The third kappa shape index (κ3) is 3.03. The number of hydrogen-bond donors (Lipinski definition) is 2. The van der Waals surface area contributed by atoms with Crippen LogP contribution in [0.2, 0.25) is 0 Å². The molecule has 0 fully saturated rings. The van der Waals surface area contributed by atoms with Gasteiger partial charge < -0.3 is 10.4 Å². The SMILES string of the molecule is O=C(O)c1c(NCc2ccc(C(F)(F)F)cc2)ccc2nccn12. The smallest absolute Gasteiger partial charge is 0.416 e. The standard InChI is InChI=1S/C16H12F3N3O2/c17-16(18,19)11-3-1-10(2-4-11)9-21-12-5-6-13-20-7-8-22(13)14(12)15(23)24/h1-8,21H,9H2,(H,23,24). The number of pyridine rings is 1. The summed E-state index contributed by atoms with van der Waals surface area (Å²) in [6.07, 6.45) is -1.36. The summed E-state index contributed by atoms with van der Waals surface area (Å²) in [5.74, 6) is -1.13. The van der Waals surface area contributed by atoms with Crippen molar-refractivity contribution in [1.82, 2.24) is 9.38 Å². The van der Waals surface area contributed by atoms with Crippen molar-refractivity contribution in [2.45, 2.75) is 12.7 Å². The minimum atomic E-state index is -4.38. The van der Waals surface area contributed by atoms with Crippen LogP contribution < -0.4 is 5.32 Å². The maximum atomic E-state index is 12.5. The Labute approximate surface area is 134 Å². The molecule has 0 saturated carbocycles. The number of nitrogens with one attached hydrogen (secondary N) is 1. The summed E-state index contributed by atoms with van der Waals surface area (Å²) in [4.78, 5) is 15.5. The second kappa shape index (κ2) is 5.88. The van der Waals surface area contributed by atoms with Crippen molar-refractivity contribution in [3.8, 4) is 0 Å². The summed E-state index contributed by atoms with van der Waals surface area (Å²) in [5.41, 5.74) is 0.736. The average molecular weight is 335 g/mol. The molecule has 0 aliphatic heterocycles. The second-order valence-corrected chi connectivity index (χ2v) is 5.10. The fraction of sp³-hybridized carbons (Fsp3) is 0.125. The van der Waals surface area contributed by atoms with E-state index >= 15 is 0 Å². The molecule has 2 heterocycles. The van der Waals surface area contributed by atoms with Gasteiger partial charge in [0.05, 0.1) is 11.3 Å². The van der Waals surface area contributed by atoms with Gasteiger partial charge >= 0.3 is 12.1 Å². The van der Waals surface area contributed by atoms with Crippen LogP contribution in [0.3, 0.4) is 0 Å². The molecule has 0 aliphatic carbocycles. The molecule has 24 heavy (non-hydrogen) atoms. The zero-order valence-electron chi connectivity index (χ0n) is 12.2. The molecule has 2 aromatic heterocycles. The number of alkyl halides is 3. The van der Waals surface area contributed by atoms with Crippen LogP contribution >= 0.6 is 0 Å². The first kappa shape index (κ1) is 15.9. The van der Waals surface area contributed by atoms with Crippen molar-refractivity contribution in [3.05, 3.63) is 65.6 Å². The van der Waals surface area contributed by atoms with Crippen LogP contribution in [0.5, 0.6) is 0 Å². The van der Waals surface area contributed by atoms with Crippen molar-refractivity contribution in [3.63, 3.8) is 0 Å². The number of aromatic nitrogens is 2. The van der Waals surface area contributed by atoms with Crippen LogP contribution in [0.4, 0.5) is 18.9 Å². The number of hydrogen-bond acceptors (Lipinski definition) is 3. The molecule has 8 heteroatoms. The van der Waals surface area contributed by atoms with E-state index in [4.69, 9.17) is 0 Å². The number of benzene rings is 1. The first-order chi connectivity index (χ1) is 11.4. The lowest BCUT2D eigenvalue weighted by atomic mass is 10.1. The molecule has 124 valence electrons. The summed E-state index contributed by atoms with van der Waals surface area (Å²) in [5, 5.41) is 12.3. The van der Waals surface area contributed by atoms with Gasteiger partial charge in [0.15, 0.2) is 5.69 Å². The molecule has 0 amide bonds. The molecule has 0 aliphatic rings. The van der Waals surface area contributed by atoms with E-state index in [1.807, 2.05) is 0 Å². The first-order valence-corrected chi connectivity index (χ1v) is 6.95. The van der Waals surface area contributed by atoms with Crippen molar-refractivity contribution in [1.29, 1.82) is 0 Å². The molecule has 0 radical (unpaired) electrons. The largest absolute Gasteiger partial charge is 0.476 e. The van der Waals surface area contributed by atoms with Gasteiger partial charge in [0.2, 0.25) is 0 Å². The molecule has 0 atom stereocenters. The molecular weight excluding hydrogens is 323 g/mol. The fourth-order valence-corrected chi connectivity index (χ4v) is 2.36. The van der Waals surface area contributed by atoms with Gasteiger partial charge in [-0.1, -0.05) is 12.1 Å². The molecule has 0 saturated heterocycles. The predicted molar refractivity (Wildman–Crippen MR) is 80.9 cm³/mol. The summed E-state index contributed by atoms with van der Waals surface area (Å²) in [6, 6.07) is 7.93. The highest BCUT2D eigenvalue weighted by atomic mass is 19.4. The maximum Gasteiger partial charge on any atom is 0.416 e. The van der Waals surface area contributed by atoms with Crippen molar-refractivity contribution < 1.29 is 23.1 Å². The van der Waals surface area contributed by atoms with E-state index in [0.717, 1.165) is 12.1 Å².